The fraction of sp³-hybridized carbons (Fsp3) is 0.923. The van der Waals surface area contributed by atoms with Gasteiger partial charge in [-0.1, -0.05) is 20.3 Å². The zero-order chi connectivity index (χ0) is 11.9. The molecule has 0 aromatic heterocycles. The van der Waals surface area contributed by atoms with Gasteiger partial charge in [-0.25, -0.2) is 0 Å². The number of hydrogen-bond donors (Lipinski definition) is 1. The maximum Gasteiger partial charge on any atom is 0.308 e. The minimum Gasteiger partial charge on any atom is -0.481 e. The van der Waals surface area contributed by atoms with E-state index in [0.29, 0.717) is 11.5 Å². The summed E-state index contributed by atoms with van der Waals surface area (Å²) in [5, 5.41) is 9.15. The lowest BCUT2D eigenvalue weighted by Crippen LogP contribution is -2.45. The summed E-state index contributed by atoms with van der Waals surface area (Å²) in [6.45, 7) is 7.70. The molecule has 1 saturated heterocycles. The zero-order valence-electron chi connectivity index (χ0n) is 10.6. The molecular weight excluding hydrogens is 202 g/mol. The molecule has 0 aromatic carbocycles. The van der Waals surface area contributed by atoms with Gasteiger partial charge < -0.3 is 5.11 Å². The van der Waals surface area contributed by atoms with Gasteiger partial charge in [-0.15, -0.1) is 0 Å². The first-order valence-corrected chi connectivity index (χ1v) is 6.42. The van der Waals surface area contributed by atoms with Crippen LogP contribution in [0, 0.1) is 11.3 Å². The molecule has 0 aromatic rings. The topological polar surface area (TPSA) is 40.5 Å². The Morgan fingerprint density at radius 3 is 2.50 bits per heavy atom. The number of aliphatic carboxylic acids is 1. The standard InChI is InChI=1S/C13H23NO2/c1-9-10(12(15)16)6-8-14(9)11-5-4-7-13(11,2)3/h9-11H,4-8H2,1-3H3,(H,15,16). The molecule has 3 heteroatoms. The van der Waals surface area contributed by atoms with Crippen LogP contribution in [0.25, 0.3) is 0 Å². The second kappa shape index (κ2) is 4.02. The van der Waals surface area contributed by atoms with Crippen LogP contribution in [0.15, 0.2) is 0 Å². The first-order valence-electron chi connectivity index (χ1n) is 6.42. The summed E-state index contributed by atoms with van der Waals surface area (Å²) in [7, 11) is 0. The van der Waals surface area contributed by atoms with Gasteiger partial charge in [0.1, 0.15) is 0 Å². The van der Waals surface area contributed by atoms with Crippen molar-refractivity contribution >= 4 is 5.97 Å². The molecule has 1 saturated carbocycles. The highest BCUT2D eigenvalue weighted by molar-refractivity contribution is 5.71. The van der Waals surface area contributed by atoms with Crippen molar-refractivity contribution in [3.05, 3.63) is 0 Å². The molecule has 2 aliphatic rings. The number of carboxylic acids is 1. The van der Waals surface area contributed by atoms with Crippen molar-refractivity contribution in [2.24, 2.45) is 11.3 Å². The summed E-state index contributed by atoms with van der Waals surface area (Å²) in [6.07, 6.45) is 4.63. The zero-order valence-corrected chi connectivity index (χ0v) is 10.6. The van der Waals surface area contributed by atoms with Crippen molar-refractivity contribution in [1.29, 1.82) is 0 Å². The Bertz CT molecular complexity index is 288. The predicted molar refractivity (Wildman–Crippen MR) is 63.3 cm³/mol. The summed E-state index contributed by atoms with van der Waals surface area (Å²) in [4.78, 5) is 13.6. The molecule has 1 aliphatic heterocycles. The Hall–Kier alpha value is -0.570. The predicted octanol–water partition coefficient (Wildman–Crippen LogP) is 2.36. The van der Waals surface area contributed by atoms with Crippen LogP contribution < -0.4 is 0 Å². The van der Waals surface area contributed by atoms with Crippen LogP contribution in [0.2, 0.25) is 0 Å². The third-order valence-corrected chi connectivity index (χ3v) is 4.72. The molecule has 0 bridgehead atoms. The molecule has 1 heterocycles. The monoisotopic (exact) mass is 225 g/mol. The average molecular weight is 225 g/mol. The lowest BCUT2D eigenvalue weighted by atomic mass is 9.86. The third kappa shape index (κ3) is 1.86. The number of nitrogens with zero attached hydrogens (tertiary/aromatic N) is 1. The molecule has 92 valence electrons. The van der Waals surface area contributed by atoms with Crippen LogP contribution >= 0.6 is 0 Å². The van der Waals surface area contributed by atoms with Crippen LogP contribution in [0.1, 0.15) is 46.5 Å². The molecular formula is C13H23NO2. The average Bonchev–Trinajstić information content (AvgIpc) is 2.68. The summed E-state index contributed by atoms with van der Waals surface area (Å²) >= 11 is 0. The molecule has 3 unspecified atom stereocenters. The Morgan fingerprint density at radius 1 is 1.38 bits per heavy atom. The SMILES string of the molecule is CC1C(C(=O)O)CCN1C1CCCC1(C)C. The lowest BCUT2D eigenvalue weighted by molar-refractivity contribution is -0.142. The Kier molecular flexibility index (Phi) is 2.99. The first-order chi connectivity index (χ1) is 7.43. The van der Waals surface area contributed by atoms with E-state index in [1.807, 2.05) is 0 Å². The van der Waals surface area contributed by atoms with Gasteiger partial charge in [-0.05, 0) is 38.1 Å². The second-order valence-corrected chi connectivity index (χ2v) is 6.11. The number of rotatable bonds is 2. The van der Waals surface area contributed by atoms with Gasteiger partial charge in [-0.2, -0.15) is 0 Å². The molecule has 16 heavy (non-hydrogen) atoms. The second-order valence-electron chi connectivity index (χ2n) is 6.11. The molecule has 2 rings (SSSR count). The molecule has 0 radical (unpaired) electrons. The number of hydrogen-bond acceptors (Lipinski definition) is 2. The van der Waals surface area contributed by atoms with Crippen molar-refractivity contribution in [1.82, 2.24) is 4.90 Å². The summed E-state index contributed by atoms with van der Waals surface area (Å²) in [5.41, 5.74) is 0.363. The Labute approximate surface area is 97.8 Å². The third-order valence-electron chi connectivity index (χ3n) is 4.72. The van der Waals surface area contributed by atoms with Gasteiger partial charge >= 0.3 is 5.97 Å². The van der Waals surface area contributed by atoms with Gasteiger partial charge in [0.25, 0.3) is 0 Å². The van der Waals surface area contributed by atoms with E-state index in [0.717, 1.165) is 13.0 Å². The van der Waals surface area contributed by atoms with E-state index in [9.17, 15) is 4.79 Å². The van der Waals surface area contributed by atoms with Gasteiger partial charge in [0.15, 0.2) is 0 Å². The van der Waals surface area contributed by atoms with E-state index in [4.69, 9.17) is 5.11 Å². The van der Waals surface area contributed by atoms with Crippen LogP contribution in [0.4, 0.5) is 0 Å². The summed E-state index contributed by atoms with van der Waals surface area (Å²) in [5.74, 6) is -0.776. The maximum absolute atomic E-state index is 11.1. The lowest BCUT2D eigenvalue weighted by Gasteiger charge is -2.38. The van der Waals surface area contributed by atoms with Crippen molar-refractivity contribution in [3.8, 4) is 0 Å². The number of carboxylic acid groups (broad SMARTS) is 1. The normalized spacial score (nSPS) is 39.1. The minimum absolute atomic E-state index is 0.156. The molecule has 0 spiro atoms. The van der Waals surface area contributed by atoms with Gasteiger partial charge in [0.05, 0.1) is 5.92 Å². The highest BCUT2D eigenvalue weighted by atomic mass is 16.4. The summed E-state index contributed by atoms with van der Waals surface area (Å²) < 4.78 is 0. The molecule has 1 N–H and O–H groups in total. The maximum atomic E-state index is 11.1. The van der Waals surface area contributed by atoms with Crippen molar-refractivity contribution in [3.63, 3.8) is 0 Å². The van der Waals surface area contributed by atoms with E-state index in [1.165, 1.54) is 19.3 Å². The quantitative estimate of drug-likeness (QED) is 0.784. The van der Waals surface area contributed by atoms with Crippen LogP contribution in [-0.2, 0) is 4.79 Å². The Morgan fingerprint density at radius 2 is 2.06 bits per heavy atom. The van der Waals surface area contributed by atoms with E-state index >= 15 is 0 Å². The van der Waals surface area contributed by atoms with Crippen molar-refractivity contribution in [2.45, 2.75) is 58.5 Å². The first kappa shape index (κ1) is 11.9. The molecule has 0 amide bonds. The largest absolute Gasteiger partial charge is 0.481 e. The molecule has 3 nitrogen and oxygen atoms in total. The van der Waals surface area contributed by atoms with E-state index in [2.05, 4.69) is 25.7 Å². The van der Waals surface area contributed by atoms with Crippen molar-refractivity contribution < 1.29 is 9.90 Å². The highest BCUT2D eigenvalue weighted by Crippen LogP contribution is 2.43. The van der Waals surface area contributed by atoms with E-state index in [-0.39, 0.29) is 12.0 Å². The summed E-state index contributed by atoms with van der Waals surface area (Å²) in [6, 6.07) is 0.798. The number of carbonyl (C=O) groups is 1. The fourth-order valence-corrected chi connectivity index (χ4v) is 3.66. The van der Waals surface area contributed by atoms with Gasteiger partial charge in [0, 0.05) is 12.1 Å². The minimum atomic E-state index is -0.620. The van der Waals surface area contributed by atoms with Crippen LogP contribution in [0.5, 0.6) is 0 Å². The van der Waals surface area contributed by atoms with Gasteiger partial charge in [0.2, 0.25) is 0 Å². The highest BCUT2D eigenvalue weighted by Gasteiger charge is 2.45. The number of likely N-dealkylation sites (tertiary alicyclic amines) is 1. The van der Waals surface area contributed by atoms with E-state index in [1.54, 1.807) is 0 Å². The van der Waals surface area contributed by atoms with Crippen LogP contribution in [-0.4, -0.2) is 34.6 Å². The molecule has 3 atom stereocenters. The molecule has 1 aliphatic carbocycles. The van der Waals surface area contributed by atoms with Crippen LogP contribution in [0.3, 0.4) is 0 Å². The fourth-order valence-electron chi connectivity index (χ4n) is 3.66. The van der Waals surface area contributed by atoms with Crippen molar-refractivity contribution in [2.75, 3.05) is 6.54 Å². The Balaban J connectivity index is 2.09. The van der Waals surface area contributed by atoms with E-state index < -0.39 is 5.97 Å². The molecule has 2 fully saturated rings. The smallest absolute Gasteiger partial charge is 0.308 e. The van der Waals surface area contributed by atoms with Gasteiger partial charge in [-0.3, -0.25) is 9.69 Å².